The zero-order chi connectivity index (χ0) is 11.6. The molecule has 0 aromatic carbocycles. The van der Waals surface area contributed by atoms with Crippen LogP contribution in [0.1, 0.15) is 42.4 Å². The van der Waals surface area contributed by atoms with Crippen molar-refractivity contribution in [3.63, 3.8) is 0 Å². The van der Waals surface area contributed by atoms with Crippen LogP contribution in [0.2, 0.25) is 0 Å². The third kappa shape index (κ3) is 2.76. The van der Waals surface area contributed by atoms with Crippen molar-refractivity contribution in [1.29, 1.82) is 0 Å². The van der Waals surface area contributed by atoms with Gasteiger partial charge in [-0.15, -0.1) is 11.3 Å². The Morgan fingerprint density at radius 2 is 2.20 bits per heavy atom. The molecule has 0 aliphatic carbocycles. The van der Waals surface area contributed by atoms with Crippen LogP contribution in [0.5, 0.6) is 0 Å². The standard InChI is InChI=1S/C10H15NO3S/c1-10(2,3)7(12)8-11-6(5-15-8)9(13)14-4/h5,7,12H,1-4H3. The minimum absolute atomic E-state index is 0.251. The molecule has 1 N–H and O–H groups in total. The van der Waals surface area contributed by atoms with E-state index in [9.17, 15) is 9.90 Å². The van der Waals surface area contributed by atoms with E-state index in [1.807, 2.05) is 20.8 Å². The van der Waals surface area contributed by atoms with Gasteiger partial charge in [-0.2, -0.15) is 0 Å². The van der Waals surface area contributed by atoms with Crippen LogP contribution in [0.4, 0.5) is 0 Å². The molecule has 1 rings (SSSR count). The molecule has 4 nitrogen and oxygen atoms in total. The van der Waals surface area contributed by atoms with E-state index in [0.717, 1.165) is 0 Å². The summed E-state index contributed by atoms with van der Waals surface area (Å²) in [5.74, 6) is -0.474. The number of ether oxygens (including phenoxy) is 1. The first-order valence-electron chi connectivity index (χ1n) is 4.58. The van der Waals surface area contributed by atoms with Gasteiger partial charge in [-0.3, -0.25) is 0 Å². The fourth-order valence-corrected chi connectivity index (χ4v) is 2.00. The summed E-state index contributed by atoms with van der Waals surface area (Å²) in [5, 5.41) is 12.1. The van der Waals surface area contributed by atoms with Crippen molar-refractivity contribution in [1.82, 2.24) is 4.98 Å². The van der Waals surface area contributed by atoms with Crippen molar-refractivity contribution >= 4 is 17.3 Å². The summed E-state index contributed by atoms with van der Waals surface area (Å²) >= 11 is 1.27. The van der Waals surface area contributed by atoms with Gasteiger partial charge in [0.25, 0.3) is 0 Å². The molecule has 0 bridgehead atoms. The number of nitrogens with zero attached hydrogens (tertiary/aromatic N) is 1. The largest absolute Gasteiger partial charge is 0.464 e. The lowest BCUT2D eigenvalue weighted by Crippen LogP contribution is -2.17. The van der Waals surface area contributed by atoms with Crippen molar-refractivity contribution in [2.45, 2.75) is 26.9 Å². The maximum absolute atomic E-state index is 11.1. The summed E-state index contributed by atoms with van der Waals surface area (Å²) in [7, 11) is 1.31. The average molecular weight is 229 g/mol. The molecular weight excluding hydrogens is 214 g/mol. The second-order valence-corrected chi connectivity index (χ2v) is 5.22. The number of thiazole rings is 1. The first-order valence-corrected chi connectivity index (χ1v) is 5.46. The van der Waals surface area contributed by atoms with Gasteiger partial charge in [0.2, 0.25) is 0 Å². The first kappa shape index (κ1) is 12.1. The lowest BCUT2D eigenvalue weighted by molar-refractivity contribution is 0.0574. The number of aliphatic hydroxyl groups is 1. The van der Waals surface area contributed by atoms with Gasteiger partial charge in [-0.25, -0.2) is 9.78 Å². The van der Waals surface area contributed by atoms with Gasteiger partial charge in [0, 0.05) is 5.38 Å². The Morgan fingerprint density at radius 1 is 1.60 bits per heavy atom. The monoisotopic (exact) mass is 229 g/mol. The highest BCUT2D eigenvalue weighted by atomic mass is 32.1. The normalized spacial score (nSPS) is 13.7. The number of rotatable bonds is 2. The fourth-order valence-electron chi connectivity index (χ4n) is 0.982. The van der Waals surface area contributed by atoms with Gasteiger partial charge in [0.1, 0.15) is 11.1 Å². The zero-order valence-electron chi connectivity index (χ0n) is 9.27. The molecule has 5 heteroatoms. The smallest absolute Gasteiger partial charge is 0.357 e. The van der Waals surface area contributed by atoms with Crippen molar-refractivity contribution in [2.75, 3.05) is 7.11 Å². The fraction of sp³-hybridized carbons (Fsp3) is 0.600. The lowest BCUT2D eigenvalue weighted by atomic mass is 9.90. The van der Waals surface area contributed by atoms with Crippen molar-refractivity contribution in [3.05, 3.63) is 16.1 Å². The molecular formula is C10H15NO3S. The Kier molecular flexibility index (Phi) is 3.46. The van der Waals surface area contributed by atoms with Gasteiger partial charge >= 0.3 is 5.97 Å². The molecule has 1 aromatic heterocycles. The molecule has 15 heavy (non-hydrogen) atoms. The summed E-state index contributed by atoms with van der Waals surface area (Å²) in [6.45, 7) is 5.74. The molecule has 0 amide bonds. The van der Waals surface area contributed by atoms with Gasteiger partial charge in [-0.1, -0.05) is 20.8 Å². The average Bonchev–Trinajstić information content (AvgIpc) is 2.62. The maximum Gasteiger partial charge on any atom is 0.357 e. The van der Waals surface area contributed by atoms with Crippen LogP contribution in [-0.4, -0.2) is 23.2 Å². The van der Waals surface area contributed by atoms with Crippen molar-refractivity contribution in [3.8, 4) is 0 Å². The summed E-state index contributed by atoms with van der Waals surface area (Å²) in [5.41, 5.74) is -0.0357. The van der Waals surface area contributed by atoms with E-state index < -0.39 is 12.1 Å². The Labute approximate surface area is 92.9 Å². The van der Waals surface area contributed by atoms with E-state index >= 15 is 0 Å². The predicted molar refractivity (Wildman–Crippen MR) is 57.9 cm³/mol. The van der Waals surface area contributed by atoms with Crippen LogP contribution in [-0.2, 0) is 4.74 Å². The Balaban J connectivity index is 2.89. The summed E-state index contributed by atoms with van der Waals surface area (Å²) in [6.07, 6.45) is -0.666. The highest BCUT2D eigenvalue weighted by molar-refractivity contribution is 7.09. The molecule has 0 aliphatic heterocycles. The molecule has 0 saturated carbocycles. The zero-order valence-corrected chi connectivity index (χ0v) is 10.1. The summed E-state index contributed by atoms with van der Waals surface area (Å²) in [6, 6.07) is 0. The maximum atomic E-state index is 11.1. The minimum atomic E-state index is -0.666. The quantitative estimate of drug-likeness (QED) is 0.788. The van der Waals surface area contributed by atoms with Crippen LogP contribution in [0.25, 0.3) is 0 Å². The number of carbonyl (C=O) groups is 1. The number of aromatic nitrogens is 1. The molecule has 1 aromatic rings. The third-order valence-corrected chi connectivity index (χ3v) is 2.87. The number of hydrogen-bond acceptors (Lipinski definition) is 5. The second-order valence-electron chi connectivity index (χ2n) is 4.33. The van der Waals surface area contributed by atoms with Crippen LogP contribution >= 0.6 is 11.3 Å². The topological polar surface area (TPSA) is 59.4 Å². The molecule has 1 unspecified atom stereocenters. The molecule has 0 radical (unpaired) electrons. The van der Waals surface area contributed by atoms with Crippen molar-refractivity contribution < 1.29 is 14.6 Å². The van der Waals surface area contributed by atoms with Gasteiger partial charge in [0.05, 0.1) is 7.11 Å². The predicted octanol–water partition coefficient (Wildman–Crippen LogP) is 2.01. The number of esters is 1. The number of hydrogen-bond donors (Lipinski definition) is 1. The minimum Gasteiger partial charge on any atom is -0.464 e. The van der Waals surface area contributed by atoms with E-state index in [-0.39, 0.29) is 11.1 Å². The highest BCUT2D eigenvalue weighted by Gasteiger charge is 2.27. The molecule has 0 saturated heterocycles. The molecule has 0 spiro atoms. The van der Waals surface area contributed by atoms with E-state index in [1.54, 1.807) is 5.38 Å². The molecule has 84 valence electrons. The molecule has 0 fully saturated rings. The summed E-state index contributed by atoms with van der Waals surface area (Å²) < 4.78 is 4.54. The van der Waals surface area contributed by atoms with E-state index in [0.29, 0.717) is 5.01 Å². The van der Waals surface area contributed by atoms with Crippen LogP contribution in [0.3, 0.4) is 0 Å². The number of aliphatic hydroxyl groups excluding tert-OH is 1. The molecule has 0 aliphatic rings. The SMILES string of the molecule is COC(=O)c1csc(C(O)C(C)(C)C)n1. The number of carbonyl (C=O) groups excluding carboxylic acids is 1. The third-order valence-electron chi connectivity index (χ3n) is 1.97. The Hall–Kier alpha value is -0.940. The van der Waals surface area contributed by atoms with Gasteiger partial charge in [-0.05, 0) is 5.41 Å². The lowest BCUT2D eigenvalue weighted by Gasteiger charge is -2.23. The van der Waals surface area contributed by atoms with Crippen LogP contribution in [0.15, 0.2) is 5.38 Å². The van der Waals surface area contributed by atoms with E-state index in [2.05, 4.69) is 9.72 Å². The van der Waals surface area contributed by atoms with E-state index in [4.69, 9.17) is 0 Å². The van der Waals surface area contributed by atoms with Crippen molar-refractivity contribution in [2.24, 2.45) is 5.41 Å². The summed E-state index contributed by atoms with van der Waals surface area (Å²) in [4.78, 5) is 15.2. The number of methoxy groups -OCH3 is 1. The Morgan fingerprint density at radius 3 is 2.67 bits per heavy atom. The molecule has 1 heterocycles. The van der Waals surface area contributed by atoms with Gasteiger partial charge < -0.3 is 9.84 Å². The first-order chi connectivity index (χ1) is 6.86. The van der Waals surface area contributed by atoms with Gasteiger partial charge in [0.15, 0.2) is 5.69 Å². The van der Waals surface area contributed by atoms with Crippen LogP contribution in [0, 0.1) is 5.41 Å². The highest BCUT2D eigenvalue weighted by Crippen LogP contribution is 2.33. The van der Waals surface area contributed by atoms with E-state index in [1.165, 1.54) is 18.4 Å². The Bertz CT molecular complexity index is 354. The van der Waals surface area contributed by atoms with Crippen LogP contribution < -0.4 is 0 Å². The molecule has 1 atom stereocenters. The second kappa shape index (κ2) is 4.28.